The van der Waals surface area contributed by atoms with Crippen LogP contribution < -0.4 is 19.9 Å². The number of hydrogen-bond donors (Lipinski definition) is 2. The van der Waals surface area contributed by atoms with E-state index in [1.165, 1.54) is 24.4 Å². The summed E-state index contributed by atoms with van der Waals surface area (Å²) in [6, 6.07) is 15.7. The fourth-order valence-electron chi connectivity index (χ4n) is 3.02. The fraction of sp³-hybridized carbons (Fsp3) is 0.0833. The third-order valence-corrected chi connectivity index (χ3v) is 5.05. The Bertz CT molecular complexity index is 1290. The Labute approximate surface area is 194 Å². The molecule has 0 fully saturated rings. The number of nitrogens with zero attached hydrogens (tertiary/aromatic N) is 2. The number of nitrogens with two attached hydrogens (primary N) is 1. The van der Waals surface area contributed by atoms with E-state index in [9.17, 15) is 9.50 Å². The topological polar surface area (TPSA) is 99.7 Å². The van der Waals surface area contributed by atoms with E-state index in [1.54, 1.807) is 49.6 Å². The monoisotopic (exact) mass is 467 g/mol. The highest BCUT2D eigenvalue weighted by Crippen LogP contribution is 2.38. The molecule has 0 saturated heterocycles. The second-order valence-corrected chi connectivity index (χ2v) is 7.33. The minimum Gasteiger partial charge on any atom is -0.507 e. The van der Waals surface area contributed by atoms with Crippen molar-refractivity contribution in [1.29, 1.82) is 0 Å². The van der Waals surface area contributed by atoms with Crippen molar-refractivity contribution in [3.63, 3.8) is 0 Å². The van der Waals surface area contributed by atoms with Crippen molar-refractivity contribution in [1.82, 2.24) is 9.97 Å². The van der Waals surface area contributed by atoms with Crippen LogP contribution in [-0.4, -0.2) is 22.2 Å². The number of phenols is 1. The summed E-state index contributed by atoms with van der Waals surface area (Å²) in [4.78, 5) is 8.23. The molecule has 1 aromatic heterocycles. The standard InChI is InChI=1S/C24H19ClFN3O4/c1-31-16-4-6-17(7-5-16)33-22-12-28-24(27)29-23(22)19-9-8-18(11-21(19)30)32-13-14-2-3-15(26)10-20(14)25/h2-12,30H,13H2,1H3,(H2,27,28,29). The molecule has 1 heterocycles. The third kappa shape index (κ3) is 5.24. The Morgan fingerprint density at radius 3 is 2.42 bits per heavy atom. The second-order valence-electron chi connectivity index (χ2n) is 6.92. The van der Waals surface area contributed by atoms with Gasteiger partial charge in [-0.2, -0.15) is 0 Å². The molecule has 0 amide bonds. The molecule has 9 heteroatoms. The lowest BCUT2D eigenvalue weighted by Crippen LogP contribution is -2.00. The lowest BCUT2D eigenvalue weighted by atomic mass is 10.1. The van der Waals surface area contributed by atoms with Gasteiger partial charge in [0.25, 0.3) is 0 Å². The Hall–Kier alpha value is -4.04. The van der Waals surface area contributed by atoms with Crippen LogP contribution in [0.2, 0.25) is 5.02 Å². The van der Waals surface area contributed by atoms with Gasteiger partial charge in [-0.25, -0.2) is 14.4 Å². The molecule has 0 spiro atoms. The molecule has 4 rings (SSSR count). The van der Waals surface area contributed by atoms with E-state index in [-0.39, 0.29) is 23.3 Å². The summed E-state index contributed by atoms with van der Waals surface area (Å²) in [6.07, 6.45) is 1.43. The molecule has 3 N–H and O–H groups in total. The molecular weight excluding hydrogens is 449 g/mol. The van der Waals surface area contributed by atoms with Gasteiger partial charge in [0, 0.05) is 17.2 Å². The summed E-state index contributed by atoms with van der Waals surface area (Å²) in [5.41, 5.74) is 7.07. The zero-order chi connectivity index (χ0) is 23.4. The minimum absolute atomic E-state index is 0.0257. The quantitative estimate of drug-likeness (QED) is 0.364. The maximum absolute atomic E-state index is 13.2. The lowest BCUT2D eigenvalue weighted by Gasteiger charge is -2.13. The highest BCUT2D eigenvalue weighted by atomic mass is 35.5. The first-order chi connectivity index (χ1) is 15.9. The smallest absolute Gasteiger partial charge is 0.220 e. The molecule has 0 radical (unpaired) electrons. The van der Waals surface area contributed by atoms with Crippen molar-refractivity contribution in [2.75, 3.05) is 12.8 Å². The minimum atomic E-state index is -0.428. The second kappa shape index (κ2) is 9.62. The number of anilines is 1. The van der Waals surface area contributed by atoms with Crippen LogP contribution in [0.3, 0.4) is 0 Å². The van der Waals surface area contributed by atoms with E-state index < -0.39 is 5.82 Å². The molecule has 168 valence electrons. The van der Waals surface area contributed by atoms with Crippen LogP contribution in [0.5, 0.6) is 28.7 Å². The maximum atomic E-state index is 13.2. The molecule has 0 saturated carbocycles. The van der Waals surface area contributed by atoms with Crippen LogP contribution in [0, 0.1) is 5.82 Å². The third-order valence-electron chi connectivity index (χ3n) is 4.69. The number of benzene rings is 3. The van der Waals surface area contributed by atoms with Crippen molar-refractivity contribution in [3.8, 4) is 40.0 Å². The summed E-state index contributed by atoms with van der Waals surface area (Å²) in [5.74, 6) is 1.40. The van der Waals surface area contributed by atoms with Crippen molar-refractivity contribution < 1.29 is 23.7 Å². The first kappa shape index (κ1) is 22.2. The van der Waals surface area contributed by atoms with Gasteiger partial charge in [-0.3, -0.25) is 0 Å². The molecule has 0 bridgehead atoms. The Morgan fingerprint density at radius 1 is 1.00 bits per heavy atom. The number of methoxy groups -OCH3 is 1. The highest BCUT2D eigenvalue weighted by Gasteiger charge is 2.16. The lowest BCUT2D eigenvalue weighted by molar-refractivity contribution is 0.304. The summed E-state index contributed by atoms with van der Waals surface area (Å²) in [6.45, 7) is 0.101. The average Bonchev–Trinajstić information content (AvgIpc) is 2.80. The van der Waals surface area contributed by atoms with Gasteiger partial charge in [-0.1, -0.05) is 17.7 Å². The summed E-state index contributed by atoms with van der Waals surface area (Å²) in [7, 11) is 1.58. The maximum Gasteiger partial charge on any atom is 0.220 e. The number of rotatable bonds is 7. The van der Waals surface area contributed by atoms with Crippen molar-refractivity contribution in [2.24, 2.45) is 0 Å². The van der Waals surface area contributed by atoms with Gasteiger partial charge in [-0.15, -0.1) is 0 Å². The number of aromatic hydroxyl groups is 1. The van der Waals surface area contributed by atoms with E-state index in [2.05, 4.69) is 9.97 Å². The van der Waals surface area contributed by atoms with Crippen LogP contribution in [0.25, 0.3) is 11.3 Å². The predicted octanol–water partition coefficient (Wildman–Crippen LogP) is 5.60. The van der Waals surface area contributed by atoms with E-state index in [1.807, 2.05) is 0 Å². The molecule has 7 nitrogen and oxygen atoms in total. The Balaban J connectivity index is 1.57. The zero-order valence-corrected chi connectivity index (χ0v) is 18.2. The predicted molar refractivity (Wildman–Crippen MR) is 122 cm³/mol. The summed E-state index contributed by atoms with van der Waals surface area (Å²) in [5, 5.41) is 10.9. The van der Waals surface area contributed by atoms with Gasteiger partial charge in [0.15, 0.2) is 5.75 Å². The molecule has 33 heavy (non-hydrogen) atoms. The molecule has 0 aliphatic carbocycles. The molecule has 0 aliphatic rings. The molecular formula is C24H19ClFN3O4. The molecule has 0 unspecified atom stereocenters. The van der Waals surface area contributed by atoms with Gasteiger partial charge in [-0.05, 0) is 48.5 Å². The average molecular weight is 468 g/mol. The summed E-state index contributed by atoms with van der Waals surface area (Å²) < 4.78 is 30.0. The van der Waals surface area contributed by atoms with Crippen LogP contribution in [-0.2, 0) is 6.61 Å². The molecule has 0 atom stereocenters. The molecule has 3 aromatic carbocycles. The number of phenolic OH excluding ortho intramolecular Hbond substituents is 1. The first-order valence-electron chi connectivity index (χ1n) is 9.77. The fourth-order valence-corrected chi connectivity index (χ4v) is 3.25. The van der Waals surface area contributed by atoms with Crippen LogP contribution in [0.4, 0.5) is 10.3 Å². The van der Waals surface area contributed by atoms with Crippen LogP contribution in [0.1, 0.15) is 5.56 Å². The number of aromatic nitrogens is 2. The zero-order valence-electron chi connectivity index (χ0n) is 17.5. The van der Waals surface area contributed by atoms with Gasteiger partial charge in [0.1, 0.15) is 41.1 Å². The number of nitrogen functional groups attached to an aromatic ring is 1. The molecule has 0 aliphatic heterocycles. The largest absolute Gasteiger partial charge is 0.507 e. The van der Waals surface area contributed by atoms with E-state index in [0.717, 1.165) is 0 Å². The normalized spacial score (nSPS) is 10.6. The van der Waals surface area contributed by atoms with Crippen LogP contribution >= 0.6 is 11.6 Å². The first-order valence-corrected chi connectivity index (χ1v) is 10.2. The van der Waals surface area contributed by atoms with Gasteiger partial charge in [0.2, 0.25) is 5.95 Å². The van der Waals surface area contributed by atoms with E-state index in [4.69, 9.17) is 31.5 Å². The van der Waals surface area contributed by atoms with Crippen LogP contribution in [0.15, 0.2) is 66.9 Å². The van der Waals surface area contributed by atoms with E-state index in [0.29, 0.717) is 39.8 Å². The highest BCUT2D eigenvalue weighted by molar-refractivity contribution is 6.31. The van der Waals surface area contributed by atoms with E-state index >= 15 is 0 Å². The number of halogens is 2. The summed E-state index contributed by atoms with van der Waals surface area (Å²) >= 11 is 6.03. The number of ether oxygens (including phenoxy) is 3. The van der Waals surface area contributed by atoms with Gasteiger partial charge in [0.05, 0.1) is 18.3 Å². The Kier molecular flexibility index (Phi) is 6.46. The van der Waals surface area contributed by atoms with Gasteiger partial charge >= 0.3 is 0 Å². The molecule has 4 aromatic rings. The van der Waals surface area contributed by atoms with Crippen molar-refractivity contribution in [2.45, 2.75) is 6.61 Å². The SMILES string of the molecule is COc1ccc(Oc2cnc(N)nc2-c2ccc(OCc3ccc(F)cc3Cl)cc2O)cc1. The van der Waals surface area contributed by atoms with Crippen molar-refractivity contribution >= 4 is 17.5 Å². The number of hydrogen-bond acceptors (Lipinski definition) is 7. The van der Waals surface area contributed by atoms with Gasteiger partial charge < -0.3 is 25.1 Å². The Morgan fingerprint density at radius 2 is 1.73 bits per heavy atom. The van der Waals surface area contributed by atoms with Crippen molar-refractivity contribution in [3.05, 3.63) is 83.3 Å².